The number of hydrogen-bond acceptors (Lipinski definition) is 4. The molecule has 0 spiro atoms. The number of nitrogens with zero attached hydrogens (tertiary/aromatic N) is 1. The Morgan fingerprint density at radius 3 is 2.22 bits per heavy atom. The molecule has 0 aromatic heterocycles. The van der Waals surface area contributed by atoms with Crippen LogP contribution >= 0.6 is 10.0 Å². The summed E-state index contributed by atoms with van der Waals surface area (Å²) in [4.78, 5) is 25.2. The lowest BCUT2D eigenvalue weighted by Crippen LogP contribution is -2.37. The molecule has 0 saturated heterocycles. The summed E-state index contributed by atoms with van der Waals surface area (Å²) in [6, 6.07) is 9.74. The van der Waals surface area contributed by atoms with E-state index < -0.39 is 39.5 Å². The number of nitriles is 1. The van der Waals surface area contributed by atoms with Crippen LogP contribution in [0, 0.1) is 23.0 Å². The fraction of sp³-hybridized carbons (Fsp3) is 0.348. The normalized spacial score (nSPS) is 12.5. The van der Waals surface area contributed by atoms with Gasteiger partial charge in [-0.2, -0.15) is 5.26 Å². The van der Waals surface area contributed by atoms with E-state index in [-0.39, 0.29) is 23.4 Å². The molecule has 0 heterocycles. The number of amides is 2. The molecule has 172 valence electrons. The minimum atomic E-state index is -1.66. The average Bonchev–Trinajstić information content (AvgIpc) is 2.69. The van der Waals surface area contributed by atoms with Crippen molar-refractivity contribution < 1.29 is 23.1 Å². The third kappa shape index (κ3) is 6.77. The zero-order chi connectivity index (χ0) is 23.9. The Balaban J connectivity index is 2.31. The maximum Gasteiger partial charge on any atom is 0.251 e. The number of hydrogen-bond donors (Lipinski definition) is 2. The Morgan fingerprint density at radius 2 is 1.72 bits per heavy atom. The largest absolute Gasteiger partial charge is 0.380 e. The highest BCUT2D eigenvalue weighted by atomic mass is 32.3. The lowest BCUT2D eigenvalue weighted by Gasteiger charge is -2.27. The molecule has 2 aromatic rings. The second-order valence-corrected chi connectivity index (χ2v) is 12.0. The molecule has 0 aliphatic heterocycles. The van der Waals surface area contributed by atoms with Gasteiger partial charge >= 0.3 is 0 Å². The first-order valence-electron chi connectivity index (χ1n) is 9.79. The molecule has 1 atom stereocenters. The summed E-state index contributed by atoms with van der Waals surface area (Å²) >= 11 is 0. The Labute approximate surface area is 188 Å². The van der Waals surface area contributed by atoms with Crippen molar-refractivity contribution in [1.82, 2.24) is 5.32 Å². The van der Waals surface area contributed by atoms with Gasteiger partial charge in [-0.1, -0.05) is 24.3 Å². The van der Waals surface area contributed by atoms with Crippen molar-refractivity contribution in [3.8, 4) is 6.07 Å². The van der Waals surface area contributed by atoms with Gasteiger partial charge < -0.3 is 15.4 Å². The zero-order valence-electron chi connectivity index (χ0n) is 18.5. The van der Waals surface area contributed by atoms with Gasteiger partial charge in [-0.3, -0.25) is 9.59 Å². The van der Waals surface area contributed by atoms with E-state index in [1.807, 2.05) is 6.07 Å². The van der Waals surface area contributed by atoms with Crippen LogP contribution in [-0.4, -0.2) is 37.7 Å². The Morgan fingerprint density at radius 1 is 1.12 bits per heavy atom. The van der Waals surface area contributed by atoms with Crippen LogP contribution in [0.15, 0.2) is 41.3 Å². The van der Waals surface area contributed by atoms with Crippen LogP contribution in [0.5, 0.6) is 0 Å². The van der Waals surface area contributed by atoms with E-state index in [0.29, 0.717) is 12.2 Å². The van der Waals surface area contributed by atoms with Crippen LogP contribution in [-0.2, 0) is 20.9 Å². The first-order chi connectivity index (χ1) is 15.1. The van der Waals surface area contributed by atoms with E-state index >= 15 is 0 Å². The molecule has 9 heteroatoms. The molecule has 32 heavy (non-hydrogen) atoms. The van der Waals surface area contributed by atoms with E-state index in [4.69, 9.17) is 10.00 Å². The SMILES string of the molecule is COCc1ccc([C@@H](NC(=O)CCC#N)C(=O)Nc2cc(F)c(S(C)(C)C)c(F)c2)cc1. The standard InChI is InChI=1S/C23H27F2N3O3S/c1-31-14-15-7-9-16(10-8-15)21(28-20(29)6-5-11-26)23(30)27-17-12-18(24)22(19(25)13-17)32(2,3)4/h7-10,12-13,21H,5-6,14H2,1-4H3,(H,27,30)(H,28,29)/t21-/m1/s1. The first kappa shape index (κ1) is 25.3. The molecular formula is C23H27F2N3O3S. The summed E-state index contributed by atoms with van der Waals surface area (Å²) in [6.45, 7) is 0.381. The molecule has 0 aliphatic carbocycles. The second-order valence-electron chi connectivity index (χ2n) is 7.93. The smallest absolute Gasteiger partial charge is 0.251 e. The fourth-order valence-electron chi connectivity index (χ4n) is 3.11. The molecule has 2 N–H and O–H groups in total. The average molecular weight is 464 g/mol. The van der Waals surface area contributed by atoms with Crippen LogP contribution in [0.25, 0.3) is 0 Å². The summed E-state index contributed by atoms with van der Waals surface area (Å²) in [5.74, 6) is -2.62. The molecule has 0 saturated carbocycles. The van der Waals surface area contributed by atoms with Crippen LogP contribution in [0.2, 0.25) is 0 Å². The summed E-state index contributed by atoms with van der Waals surface area (Å²) in [6.07, 6.45) is 5.24. The lowest BCUT2D eigenvalue weighted by molar-refractivity contribution is -0.126. The Kier molecular flexibility index (Phi) is 8.75. The van der Waals surface area contributed by atoms with Crippen LogP contribution in [0.4, 0.5) is 14.5 Å². The van der Waals surface area contributed by atoms with Gasteiger partial charge in [0.2, 0.25) is 5.91 Å². The molecule has 6 nitrogen and oxygen atoms in total. The van der Waals surface area contributed by atoms with Crippen LogP contribution in [0.3, 0.4) is 0 Å². The van der Waals surface area contributed by atoms with E-state index in [1.165, 1.54) is 0 Å². The molecular weight excluding hydrogens is 436 g/mol. The lowest BCUT2D eigenvalue weighted by atomic mass is 10.0. The molecule has 0 fully saturated rings. The third-order valence-corrected chi connectivity index (χ3v) is 6.15. The number of nitrogens with one attached hydrogen (secondary N) is 2. The van der Waals surface area contributed by atoms with Crippen LogP contribution in [0.1, 0.15) is 30.0 Å². The van der Waals surface area contributed by atoms with Gasteiger partial charge in [-0.25, -0.2) is 18.8 Å². The highest BCUT2D eigenvalue weighted by Crippen LogP contribution is 2.48. The molecule has 0 radical (unpaired) electrons. The predicted molar refractivity (Wildman–Crippen MR) is 122 cm³/mol. The maximum absolute atomic E-state index is 14.6. The quantitative estimate of drug-likeness (QED) is 0.581. The minimum Gasteiger partial charge on any atom is -0.380 e. The van der Waals surface area contributed by atoms with Crippen molar-refractivity contribution in [3.05, 3.63) is 59.2 Å². The number of rotatable bonds is 9. The van der Waals surface area contributed by atoms with E-state index in [9.17, 15) is 18.4 Å². The summed E-state index contributed by atoms with van der Waals surface area (Å²) in [5, 5.41) is 13.8. The van der Waals surface area contributed by atoms with Gasteiger partial charge in [-0.15, -0.1) is 0 Å². The van der Waals surface area contributed by atoms with Crippen molar-refractivity contribution in [2.75, 3.05) is 31.2 Å². The highest BCUT2D eigenvalue weighted by Gasteiger charge is 2.25. The Bertz CT molecular complexity index is 992. The number of methoxy groups -OCH3 is 1. The van der Waals surface area contributed by atoms with E-state index in [2.05, 4.69) is 10.6 Å². The molecule has 2 amide bonds. The van der Waals surface area contributed by atoms with Crippen molar-refractivity contribution in [3.63, 3.8) is 0 Å². The number of ether oxygens (including phenoxy) is 1. The van der Waals surface area contributed by atoms with Gasteiger partial charge in [0.05, 0.1) is 17.6 Å². The van der Waals surface area contributed by atoms with Gasteiger partial charge in [0.15, 0.2) is 0 Å². The van der Waals surface area contributed by atoms with Gasteiger partial charge in [-0.05, 0) is 42.0 Å². The van der Waals surface area contributed by atoms with E-state index in [0.717, 1.165) is 17.7 Å². The van der Waals surface area contributed by atoms with Crippen molar-refractivity contribution in [2.24, 2.45) is 0 Å². The van der Waals surface area contributed by atoms with Gasteiger partial charge in [0.25, 0.3) is 5.91 Å². The van der Waals surface area contributed by atoms with Gasteiger partial charge in [0.1, 0.15) is 17.7 Å². The molecule has 2 aromatic carbocycles. The molecule has 0 aliphatic rings. The predicted octanol–water partition coefficient (Wildman–Crippen LogP) is 4.26. The number of halogens is 2. The van der Waals surface area contributed by atoms with Crippen molar-refractivity contribution >= 4 is 27.5 Å². The third-order valence-electron chi connectivity index (χ3n) is 4.53. The van der Waals surface area contributed by atoms with Crippen molar-refractivity contribution in [2.45, 2.75) is 30.4 Å². The Hall–Kier alpha value is -2.96. The number of benzene rings is 2. The summed E-state index contributed by atoms with van der Waals surface area (Å²) in [5.41, 5.74) is 1.30. The minimum absolute atomic E-state index is 0.0000295. The maximum atomic E-state index is 14.6. The number of anilines is 1. The fourth-order valence-corrected chi connectivity index (χ4v) is 4.40. The molecule has 0 unspecified atom stereocenters. The summed E-state index contributed by atoms with van der Waals surface area (Å²) < 4.78 is 34.2. The number of carbonyl (C=O) groups excluding carboxylic acids is 2. The molecule has 2 rings (SSSR count). The zero-order valence-corrected chi connectivity index (χ0v) is 19.3. The van der Waals surface area contributed by atoms with Crippen molar-refractivity contribution in [1.29, 1.82) is 5.26 Å². The van der Waals surface area contributed by atoms with Crippen LogP contribution < -0.4 is 10.6 Å². The monoisotopic (exact) mass is 463 g/mol. The van der Waals surface area contributed by atoms with Gasteiger partial charge in [0, 0.05) is 25.6 Å². The molecule has 0 bridgehead atoms. The number of carbonyl (C=O) groups is 2. The summed E-state index contributed by atoms with van der Waals surface area (Å²) in [7, 11) is -0.0989. The second kappa shape index (κ2) is 11.1. The topological polar surface area (TPSA) is 91.2 Å². The first-order valence-corrected chi connectivity index (χ1v) is 12.6. The highest BCUT2D eigenvalue weighted by molar-refractivity contribution is 8.32. The van der Waals surface area contributed by atoms with E-state index in [1.54, 1.807) is 50.1 Å².